The van der Waals surface area contributed by atoms with Gasteiger partial charge in [0, 0.05) is 5.02 Å². The van der Waals surface area contributed by atoms with Crippen LogP contribution in [0.15, 0.2) is 36.4 Å². The predicted molar refractivity (Wildman–Crippen MR) is 73.4 cm³/mol. The molecular weight excluding hydrogens is 249 g/mol. The normalized spacial score (nSPS) is 12.5. The Hall–Kier alpha value is -1.38. The van der Waals surface area contributed by atoms with Crippen LogP contribution in [0.5, 0.6) is 0 Å². The average Bonchev–Trinajstić information content (AvgIpc) is 2.35. The minimum absolute atomic E-state index is 0.176. The van der Waals surface area contributed by atoms with Gasteiger partial charge in [0.05, 0.1) is 6.04 Å². The maximum atomic E-state index is 13.6. The van der Waals surface area contributed by atoms with Gasteiger partial charge in [0.1, 0.15) is 5.82 Å². The lowest BCUT2D eigenvalue weighted by Gasteiger charge is -2.16. The third kappa shape index (κ3) is 2.40. The van der Waals surface area contributed by atoms with Gasteiger partial charge < -0.3 is 5.73 Å². The molecule has 0 bridgehead atoms. The minimum Gasteiger partial charge on any atom is -0.320 e. The van der Waals surface area contributed by atoms with Gasteiger partial charge in [0.15, 0.2) is 0 Å². The number of rotatable bonds is 2. The van der Waals surface area contributed by atoms with Gasteiger partial charge in [-0.2, -0.15) is 0 Å². The van der Waals surface area contributed by atoms with Crippen LogP contribution in [0.4, 0.5) is 4.39 Å². The summed E-state index contributed by atoms with van der Waals surface area (Å²) in [7, 11) is 0. The van der Waals surface area contributed by atoms with E-state index < -0.39 is 0 Å². The summed E-state index contributed by atoms with van der Waals surface area (Å²) in [5.41, 5.74) is 9.13. The van der Waals surface area contributed by atoms with Gasteiger partial charge in [-0.25, -0.2) is 4.39 Å². The quantitative estimate of drug-likeness (QED) is 0.866. The molecule has 3 heteroatoms. The summed E-state index contributed by atoms with van der Waals surface area (Å²) in [5.74, 6) is -0.176. The van der Waals surface area contributed by atoms with Crippen LogP contribution < -0.4 is 5.73 Å². The highest BCUT2D eigenvalue weighted by atomic mass is 35.5. The Labute approximate surface area is 111 Å². The third-order valence-electron chi connectivity index (χ3n) is 3.06. The Morgan fingerprint density at radius 1 is 1.11 bits per heavy atom. The molecule has 2 rings (SSSR count). The van der Waals surface area contributed by atoms with Crippen molar-refractivity contribution in [3.05, 3.63) is 69.5 Å². The largest absolute Gasteiger partial charge is 0.320 e. The van der Waals surface area contributed by atoms with E-state index in [0.29, 0.717) is 16.1 Å². The molecule has 0 spiro atoms. The van der Waals surface area contributed by atoms with Crippen LogP contribution in [0, 0.1) is 19.7 Å². The second-order valence-corrected chi connectivity index (χ2v) is 4.88. The van der Waals surface area contributed by atoms with E-state index in [1.807, 2.05) is 18.2 Å². The summed E-state index contributed by atoms with van der Waals surface area (Å²) in [4.78, 5) is 0. The molecule has 2 aromatic carbocycles. The molecule has 0 amide bonds. The topological polar surface area (TPSA) is 26.0 Å². The van der Waals surface area contributed by atoms with E-state index in [1.54, 1.807) is 32.0 Å². The van der Waals surface area contributed by atoms with E-state index in [-0.39, 0.29) is 11.9 Å². The van der Waals surface area contributed by atoms with Crippen LogP contribution in [0.1, 0.15) is 28.3 Å². The predicted octanol–water partition coefficient (Wildman–Crippen LogP) is 4.14. The summed E-state index contributed by atoms with van der Waals surface area (Å²) in [6.07, 6.45) is 0. The highest BCUT2D eigenvalue weighted by Gasteiger charge is 2.14. The number of halogens is 2. The second kappa shape index (κ2) is 5.09. The molecule has 0 aliphatic rings. The fraction of sp³-hybridized carbons (Fsp3) is 0.200. The van der Waals surface area contributed by atoms with E-state index in [1.165, 1.54) is 0 Å². The first-order valence-corrected chi connectivity index (χ1v) is 6.15. The van der Waals surface area contributed by atoms with Gasteiger partial charge >= 0.3 is 0 Å². The minimum atomic E-state index is -0.336. The first-order valence-electron chi connectivity index (χ1n) is 5.77. The Balaban J connectivity index is 2.47. The standard InChI is InChI=1S/C15H15ClFN/c1-9-7-11(8-10(2)14(9)17)15(18)12-5-3-4-6-13(12)16/h3-8,15H,18H2,1-2H3. The van der Waals surface area contributed by atoms with Gasteiger partial charge in [-0.3, -0.25) is 0 Å². The maximum absolute atomic E-state index is 13.6. The van der Waals surface area contributed by atoms with E-state index >= 15 is 0 Å². The van der Waals surface area contributed by atoms with Crippen molar-refractivity contribution in [1.29, 1.82) is 0 Å². The molecule has 1 unspecified atom stereocenters. The molecule has 1 atom stereocenters. The molecule has 0 heterocycles. The Morgan fingerprint density at radius 3 is 2.22 bits per heavy atom. The van der Waals surface area contributed by atoms with Crippen LogP contribution in [0.3, 0.4) is 0 Å². The summed E-state index contributed by atoms with van der Waals surface area (Å²) < 4.78 is 13.6. The van der Waals surface area contributed by atoms with Crippen molar-refractivity contribution in [3.63, 3.8) is 0 Å². The van der Waals surface area contributed by atoms with Crippen molar-refractivity contribution in [3.8, 4) is 0 Å². The van der Waals surface area contributed by atoms with Crippen molar-refractivity contribution in [2.24, 2.45) is 5.73 Å². The zero-order chi connectivity index (χ0) is 13.3. The van der Waals surface area contributed by atoms with E-state index in [2.05, 4.69) is 0 Å². The highest BCUT2D eigenvalue weighted by Crippen LogP contribution is 2.28. The smallest absolute Gasteiger partial charge is 0.129 e. The SMILES string of the molecule is Cc1cc(C(N)c2ccccc2Cl)cc(C)c1F. The fourth-order valence-corrected chi connectivity index (χ4v) is 2.32. The zero-order valence-electron chi connectivity index (χ0n) is 10.4. The summed E-state index contributed by atoms with van der Waals surface area (Å²) in [6, 6.07) is 10.7. The molecular formula is C15H15ClFN. The molecule has 2 N–H and O–H groups in total. The molecule has 0 aliphatic heterocycles. The van der Waals surface area contributed by atoms with Gasteiger partial charge in [-0.05, 0) is 42.2 Å². The monoisotopic (exact) mass is 263 g/mol. The van der Waals surface area contributed by atoms with Crippen LogP contribution in [-0.4, -0.2) is 0 Å². The number of benzene rings is 2. The van der Waals surface area contributed by atoms with Crippen molar-refractivity contribution >= 4 is 11.6 Å². The first-order chi connectivity index (χ1) is 8.50. The summed E-state index contributed by atoms with van der Waals surface area (Å²) in [6.45, 7) is 3.48. The molecule has 94 valence electrons. The highest BCUT2D eigenvalue weighted by molar-refractivity contribution is 6.31. The Morgan fingerprint density at radius 2 is 1.67 bits per heavy atom. The van der Waals surface area contributed by atoms with E-state index in [9.17, 15) is 4.39 Å². The van der Waals surface area contributed by atoms with Crippen LogP contribution in [-0.2, 0) is 0 Å². The van der Waals surface area contributed by atoms with Gasteiger partial charge in [0.2, 0.25) is 0 Å². The lowest BCUT2D eigenvalue weighted by molar-refractivity contribution is 0.607. The molecule has 2 aromatic rings. The fourth-order valence-electron chi connectivity index (χ4n) is 2.07. The van der Waals surface area contributed by atoms with E-state index in [4.69, 9.17) is 17.3 Å². The second-order valence-electron chi connectivity index (χ2n) is 4.47. The first kappa shape index (κ1) is 13.1. The molecule has 1 nitrogen and oxygen atoms in total. The lowest BCUT2D eigenvalue weighted by Crippen LogP contribution is -2.13. The summed E-state index contributed by atoms with van der Waals surface area (Å²) in [5, 5.41) is 0.629. The third-order valence-corrected chi connectivity index (χ3v) is 3.40. The van der Waals surface area contributed by atoms with E-state index in [0.717, 1.165) is 11.1 Å². The Kier molecular flexibility index (Phi) is 3.69. The van der Waals surface area contributed by atoms with Crippen LogP contribution >= 0.6 is 11.6 Å². The molecule has 0 aliphatic carbocycles. The van der Waals surface area contributed by atoms with Crippen molar-refractivity contribution in [2.75, 3.05) is 0 Å². The molecule has 0 saturated carbocycles. The van der Waals surface area contributed by atoms with Gasteiger partial charge in [0.25, 0.3) is 0 Å². The molecule has 0 fully saturated rings. The number of hydrogen-bond donors (Lipinski definition) is 1. The van der Waals surface area contributed by atoms with Crippen molar-refractivity contribution in [1.82, 2.24) is 0 Å². The Bertz CT molecular complexity index is 557. The van der Waals surface area contributed by atoms with Crippen molar-refractivity contribution < 1.29 is 4.39 Å². The molecule has 0 aromatic heterocycles. The maximum Gasteiger partial charge on any atom is 0.129 e. The number of nitrogens with two attached hydrogens (primary N) is 1. The zero-order valence-corrected chi connectivity index (χ0v) is 11.1. The lowest BCUT2D eigenvalue weighted by atomic mass is 9.96. The number of hydrogen-bond acceptors (Lipinski definition) is 1. The van der Waals surface area contributed by atoms with Crippen LogP contribution in [0.25, 0.3) is 0 Å². The van der Waals surface area contributed by atoms with Crippen molar-refractivity contribution in [2.45, 2.75) is 19.9 Å². The average molecular weight is 264 g/mol. The molecule has 18 heavy (non-hydrogen) atoms. The number of aryl methyl sites for hydroxylation is 2. The molecule has 0 saturated heterocycles. The molecule has 0 radical (unpaired) electrons. The van der Waals surface area contributed by atoms with Crippen LogP contribution in [0.2, 0.25) is 5.02 Å². The van der Waals surface area contributed by atoms with Gasteiger partial charge in [-0.15, -0.1) is 0 Å². The van der Waals surface area contributed by atoms with Gasteiger partial charge in [-0.1, -0.05) is 41.9 Å². The summed E-state index contributed by atoms with van der Waals surface area (Å²) >= 11 is 6.13.